The summed E-state index contributed by atoms with van der Waals surface area (Å²) >= 11 is 0. The van der Waals surface area contributed by atoms with Crippen molar-refractivity contribution in [2.75, 3.05) is 28.7 Å². The molecule has 2 aromatic rings. The van der Waals surface area contributed by atoms with Crippen LogP contribution < -0.4 is 15.5 Å². The fourth-order valence-corrected chi connectivity index (χ4v) is 3.24. The Hall–Kier alpha value is -3.35. The molecular weight excluding hydrogens is 358 g/mol. The Balaban J connectivity index is 1.44. The summed E-state index contributed by atoms with van der Waals surface area (Å²) < 4.78 is 4.95. The van der Waals surface area contributed by atoms with Gasteiger partial charge in [-0.1, -0.05) is 19.1 Å². The molecule has 2 aliphatic rings. The number of rotatable bonds is 5. The molecule has 1 aliphatic carbocycles. The van der Waals surface area contributed by atoms with Crippen molar-refractivity contribution in [3.8, 4) is 0 Å². The van der Waals surface area contributed by atoms with Crippen LogP contribution >= 0.6 is 0 Å². The molecule has 1 saturated carbocycles. The number of benzene rings is 2. The summed E-state index contributed by atoms with van der Waals surface area (Å²) in [6.45, 7) is 2.88. The first-order chi connectivity index (χ1) is 13.5. The summed E-state index contributed by atoms with van der Waals surface area (Å²) in [5.74, 6) is 0.191. The second kappa shape index (κ2) is 7.34. The Morgan fingerprint density at radius 2 is 1.79 bits per heavy atom. The van der Waals surface area contributed by atoms with E-state index >= 15 is 0 Å². The van der Waals surface area contributed by atoms with Crippen molar-refractivity contribution in [3.63, 3.8) is 0 Å². The Morgan fingerprint density at radius 3 is 2.46 bits per heavy atom. The number of cyclic esters (lactones) is 1. The zero-order valence-electron chi connectivity index (χ0n) is 15.5. The minimum atomic E-state index is -0.392. The minimum absolute atomic E-state index is 0.00439. The summed E-state index contributed by atoms with van der Waals surface area (Å²) in [7, 11) is 0. The summed E-state index contributed by atoms with van der Waals surface area (Å²) in [5.41, 5.74) is 2.28. The van der Waals surface area contributed by atoms with Crippen molar-refractivity contribution < 1.29 is 19.1 Å². The zero-order chi connectivity index (χ0) is 19.7. The molecule has 1 heterocycles. The van der Waals surface area contributed by atoms with E-state index in [9.17, 15) is 14.4 Å². The van der Waals surface area contributed by atoms with Crippen LogP contribution in [0.4, 0.5) is 21.9 Å². The van der Waals surface area contributed by atoms with Crippen molar-refractivity contribution in [1.82, 2.24) is 0 Å². The van der Waals surface area contributed by atoms with Crippen molar-refractivity contribution in [2.45, 2.75) is 13.3 Å². The number of hydrogen-bond donors (Lipinski definition) is 2. The number of carbonyl (C=O) groups excluding carboxylic acids is 3. The molecule has 0 spiro atoms. The smallest absolute Gasteiger partial charge is 0.414 e. The van der Waals surface area contributed by atoms with E-state index in [-0.39, 0.29) is 17.7 Å². The minimum Gasteiger partial charge on any atom is -0.447 e. The van der Waals surface area contributed by atoms with Gasteiger partial charge in [0, 0.05) is 28.5 Å². The third-order valence-corrected chi connectivity index (χ3v) is 5.02. The maximum Gasteiger partial charge on any atom is 0.414 e. The van der Waals surface area contributed by atoms with Gasteiger partial charge in [-0.3, -0.25) is 14.5 Å². The highest BCUT2D eigenvalue weighted by atomic mass is 16.6. The van der Waals surface area contributed by atoms with Gasteiger partial charge in [-0.25, -0.2) is 4.79 Å². The van der Waals surface area contributed by atoms with Crippen LogP contribution in [0.25, 0.3) is 0 Å². The largest absolute Gasteiger partial charge is 0.447 e. The molecular formula is C21H21N3O4. The molecule has 2 aromatic carbocycles. The van der Waals surface area contributed by atoms with Crippen LogP contribution in [0.3, 0.4) is 0 Å². The summed E-state index contributed by atoms with van der Waals surface area (Å²) in [6, 6.07) is 13.9. The molecule has 0 radical (unpaired) electrons. The maximum absolute atomic E-state index is 12.6. The van der Waals surface area contributed by atoms with Crippen LogP contribution in [-0.4, -0.2) is 31.1 Å². The number of nitrogens with zero attached hydrogens (tertiary/aromatic N) is 1. The molecule has 7 heteroatoms. The number of anilines is 3. The molecule has 0 bridgehead atoms. The van der Waals surface area contributed by atoms with Gasteiger partial charge in [0.2, 0.25) is 5.91 Å². The van der Waals surface area contributed by atoms with Crippen molar-refractivity contribution in [2.24, 2.45) is 11.8 Å². The molecule has 28 heavy (non-hydrogen) atoms. The fraction of sp³-hybridized carbons (Fsp3) is 0.286. The van der Waals surface area contributed by atoms with E-state index in [2.05, 4.69) is 10.6 Å². The topological polar surface area (TPSA) is 87.7 Å². The number of hydrogen-bond acceptors (Lipinski definition) is 4. The molecule has 2 fully saturated rings. The van der Waals surface area contributed by atoms with Gasteiger partial charge in [0.1, 0.15) is 6.61 Å². The highest BCUT2D eigenvalue weighted by Gasteiger charge is 2.39. The van der Waals surface area contributed by atoms with Crippen LogP contribution in [-0.2, 0) is 9.53 Å². The van der Waals surface area contributed by atoms with Gasteiger partial charge in [0.05, 0.1) is 6.54 Å². The molecule has 2 N–H and O–H groups in total. The molecule has 7 nitrogen and oxygen atoms in total. The monoisotopic (exact) mass is 379 g/mol. The van der Waals surface area contributed by atoms with Gasteiger partial charge in [-0.05, 0) is 48.7 Å². The Labute approximate surface area is 162 Å². The predicted molar refractivity (Wildman–Crippen MR) is 105 cm³/mol. The third-order valence-electron chi connectivity index (χ3n) is 5.02. The van der Waals surface area contributed by atoms with Gasteiger partial charge in [-0.2, -0.15) is 0 Å². The molecule has 144 valence electrons. The molecule has 1 saturated heterocycles. The first-order valence-electron chi connectivity index (χ1n) is 9.28. The lowest BCUT2D eigenvalue weighted by Crippen LogP contribution is -2.23. The van der Waals surface area contributed by atoms with Crippen molar-refractivity contribution in [3.05, 3.63) is 54.1 Å². The van der Waals surface area contributed by atoms with Crippen LogP contribution in [0.15, 0.2) is 48.5 Å². The van der Waals surface area contributed by atoms with E-state index in [4.69, 9.17) is 4.74 Å². The van der Waals surface area contributed by atoms with Crippen LogP contribution in [0.2, 0.25) is 0 Å². The van der Waals surface area contributed by atoms with Gasteiger partial charge >= 0.3 is 6.09 Å². The normalized spacial score (nSPS) is 20.5. The van der Waals surface area contributed by atoms with E-state index in [1.165, 1.54) is 4.90 Å². The molecule has 4 rings (SSSR count). The number of nitrogens with one attached hydrogen (secondary N) is 2. The van der Waals surface area contributed by atoms with Crippen LogP contribution in [0, 0.1) is 11.8 Å². The lowest BCUT2D eigenvalue weighted by Gasteiger charge is -2.14. The lowest BCUT2D eigenvalue weighted by atomic mass is 10.1. The maximum atomic E-state index is 12.6. The van der Waals surface area contributed by atoms with E-state index in [1.807, 2.05) is 6.92 Å². The van der Waals surface area contributed by atoms with E-state index in [0.717, 1.165) is 6.42 Å². The van der Waals surface area contributed by atoms with Crippen molar-refractivity contribution >= 4 is 35.0 Å². The average molecular weight is 379 g/mol. The van der Waals surface area contributed by atoms with Gasteiger partial charge in [0.25, 0.3) is 5.91 Å². The van der Waals surface area contributed by atoms with Crippen molar-refractivity contribution in [1.29, 1.82) is 0 Å². The fourth-order valence-electron chi connectivity index (χ4n) is 3.24. The van der Waals surface area contributed by atoms with Gasteiger partial charge < -0.3 is 15.4 Å². The highest BCUT2D eigenvalue weighted by Crippen LogP contribution is 2.38. The second-order valence-corrected chi connectivity index (χ2v) is 7.16. The Kier molecular flexibility index (Phi) is 4.73. The van der Waals surface area contributed by atoms with E-state index < -0.39 is 6.09 Å². The number of carbonyl (C=O) groups is 3. The SMILES string of the molecule is C[C@@H]1C[C@@H]1C(=O)Nc1cccc(C(=O)Nc2cccc(N3CCOC3=O)c2)c1. The van der Waals surface area contributed by atoms with Crippen LogP contribution in [0.5, 0.6) is 0 Å². The zero-order valence-corrected chi connectivity index (χ0v) is 15.5. The highest BCUT2D eigenvalue weighted by molar-refractivity contribution is 6.06. The first kappa shape index (κ1) is 18.0. The molecule has 1 aliphatic heterocycles. The third kappa shape index (κ3) is 3.83. The molecule has 0 unspecified atom stereocenters. The summed E-state index contributed by atoms with van der Waals surface area (Å²) in [4.78, 5) is 37.9. The summed E-state index contributed by atoms with van der Waals surface area (Å²) in [5, 5.41) is 5.70. The number of ether oxygens (including phenoxy) is 1. The molecule has 2 atom stereocenters. The molecule has 0 aromatic heterocycles. The quantitative estimate of drug-likeness (QED) is 0.832. The van der Waals surface area contributed by atoms with E-state index in [1.54, 1.807) is 48.5 Å². The van der Waals surface area contributed by atoms with Gasteiger partial charge in [-0.15, -0.1) is 0 Å². The number of amides is 3. The first-order valence-corrected chi connectivity index (χ1v) is 9.28. The lowest BCUT2D eigenvalue weighted by molar-refractivity contribution is -0.117. The Bertz CT molecular complexity index is 943. The second-order valence-electron chi connectivity index (χ2n) is 7.16. The summed E-state index contributed by atoms with van der Waals surface area (Å²) in [6.07, 6.45) is 0.518. The van der Waals surface area contributed by atoms with Gasteiger partial charge in [0.15, 0.2) is 0 Å². The van der Waals surface area contributed by atoms with Crippen LogP contribution in [0.1, 0.15) is 23.7 Å². The standard InChI is InChI=1S/C21H21N3O4/c1-13-10-18(13)20(26)23-15-5-2-4-14(11-15)19(25)22-16-6-3-7-17(12-16)24-8-9-28-21(24)27/h2-7,11-13,18H,8-10H2,1H3,(H,22,25)(H,23,26)/t13-,18+/m1/s1. The molecule has 3 amide bonds. The Morgan fingerprint density at radius 1 is 1.07 bits per heavy atom. The predicted octanol–water partition coefficient (Wildman–Crippen LogP) is 3.49. The van der Waals surface area contributed by atoms with E-state index in [0.29, 0.717) is 41.7 Å². The average Bonchev–Trinajstić information content (AvgIpc) is 3.27.